The molecule has 0 atom stereocenters. The lowest BCUT2D eigenvalue weighted by atomic mass is 10.4. The highest BCUT2D eigenvalue weighted by molar-refractivity contribution is 14.0. The Labute approximate surface area is 163 Å². The number of ether oxygens (including phenoxy) is 1. The predicted octanol–water partition coefficient (Wildman–Crippen LogP) is 0.269. The van der Waals surface area contributed by atoms with Gasteiger partial charge in [-0.3, -0.25) is 9.89 Å². The fourth-order valence-electron chi connectivity index (χ4n) is 2.53. The van der Waals surface area contributed by atoms with Crippen molar-refractivity contribution in [3.63, 3.8) is 0 Å². The second-order valence-electron chi connectivity index (χ2n) is 6.41. The summed E-state index contributed by atoms with van der Waals surface area (Å²) in [6.45, 7) is 5.28. The number of nitrogens with zero attached hydrogens (tertiary/aromatic N) is 3. The summed E-state index contributed by atoms with van der Waals surface area (Å²) >= 11 is 0. The Morgan fingerprint density at radius 3 is 2.58 bits per heavy atom. The summed E-state index contributed by atoms with van der Waals surface area (Å²) in [6.07, 6.45) is 2.63. The molecule has 0 unspecified atom stereocenters. The number of hydrogen-bond donors (Lipinski definition) is 1. The number of rotatable bonds is 8. The van der Waals surface area contributed by atoms with Gasteiger partial charge in [-0.05, 0) is 18.8 Å². The van der Waals surface area contributed by atoms with Crippen LogP contribution in [0, 0.1) is 5.92 Å². The predicted molar refractivity (Wildman–Crippen MR) is 108 cm³/mol. The molecular weight excluding hydrogens is 443 g/mol. The van der Waals surface area contributed by atoms with Gasteiger partial charge in [-0.2, -0.15) is 0 Å². The molecule has 1 saturated heterocycles. The van der Waals surface area contributed by atoms with E-state index < -0.39 is 9.84 Å². The molecule has 0 aromatic rings. The smallest absolute Gasteiger partial charge is 0.193 e. The van der Waals surface area contributed by atoms with Crippen LogP contribution < -0.4 is 5.32 Å². The summed E-state index contributed by atoms with van der Waals surface area (Å²) in [4.78, 5) is 8.53. The van der Waals surface area contributed by atoms with Gasteiger partial charge in [-0.25, -0.2) is 8.42 Å². The average Bonchev–Trinajstić information content (AvgIpc) is 3.33. The Balaban J connectivity index is 0.00000288. The molecule has 1 N–H and O–H groups in total. The van der Waals surface area contributed by atoms with Crippen LogP contribution in [0.1, 0.15) is 12.8 Å². The van der Waals surface area contributed by atoms with Gasteiger partial charge in [0, 0.05) is 53.4 Å². The van der Waals surface area contributed by atoms with Gasteiger partial charge in [0.15, 0.2) is 15.8 Å². The summed E-state index contributed by atoms with van der Waals surface area (Å²) in [5.41, 5.74) is 0. The lowest BCUT2D eigenvalue weighted by Crippen LogP contribution is -2.46. The maximum absolute atomic E-state index is 11.4. The number of sulfone groups is 1. The first kappa shape index (κ1) is 21.9. The quantitative estimate of drug-likeness (QED) is 0.236. The molecule has 1 saturated carbocycles. The molecule has 2 fully saturated rings. The highest BCUT2D eigenvalue weighted by Gasteiger charge is 2.22. The van der Waals surface area contributed by atoms with Crippen molar-refractivity contribution >= 4 is 39.8 Å². The summed E-state index contributed by atoms with van der Waals surface area (Å²) in [6, 6.07) is 0. The molecule has 0 aromatic heterocycles. The third-order valence-electron chi connectivity index (χ3n) is 4.34. The zero-order chi connectivity index (χ0) is 16.7. The van der Waals surface area contributed by atoms with E-state index in [1.54, 1.807) is 7.05 Å². The van der Waals surface area contributed by atoms with Crippen LogP contribution in [0.4, 0.5) is 0 Å². The van der Waals surface area contributed by atoms with Crippen LogP contribution in [0.2, 0.25) is 0 Å². The highest BCUT2D eigenvalue weighted by Crippen LogP contribution is 2.28. The summed E-state index contributed by atoms with van der Waals surface area (Å²) in [5, 5.41) is 3.33. The van der Waals surface area contributed by atoms with E-state index in [1.165, 1.54) is 12.8 Å². The van der Waals surface area contributed by atoms with Crippen LogP contribution in [-0.4, -0.2) is 95.7 Å². The lowest BCUT2D eigenvalue weighted by molar-refractivity contribution is 0.115. The summed E-state index contributed by atoms with van der Waals surface area (Å²) in [5.74, 6) is 2.20. The molecule has 2 rings (SSSR count). The molecular formula is C15H31IN4O3S. The number of hydrogen-bond acceptors (Lipinski definition) is 5. The lowest BCUT2D eigenvalue weighted by Gasteiger charge is -2.28. The molecule has 0 bridgehead atoms. The Hall–Kier alpha value is -0.130. The zero-order valence-electron chi connectivity index (χ0n) is 14.7. The maximum atomic E-state index is 11.4. The Kier molecular flexibility index (Phi) is 9.83. The van der Waals surface area contributed by atoms with E-state index in [-0.39, 0.29) is 35.5 Å². The number of guanidine groups is 1. The topological polar surface area (TPSA) is 74.2 Å². The van der Waals surface area contributed by atoms with Crippen molar-refractivity contribution in [2.45, 2.75) is 12.8 Å². The van der Waals surface area contributed by atoms with Crippen LogP contribution in [0.3, 0.4) is 0 Å². The first-order chi connectivity index (χ1) is 11.0. The van der Waals surface area contributed by atoms with Crippen molar-refractivity contribution in [3.05, 3.63) is 0 Å². The summed E-state index contributed by atoms with van der Waals surface area (Å²) in [7, 11) is 0.981. The van der Waals surface area contributed by atoms with Gasteiger partial charge in [-0.1, -0.05) is 0 Å². The molecule has 1 aliphatic carbocycles. The van der Waals surface area contributed by atoms with Crippen molar-refractivity contribution in [1.29, 1.82) is 0 Å². The van der Waals surface area contributed by atoms with Crippen LogP contribution in [0.5, 0.6) is 0 Å². The molecule has 1 aliphatic heterocycles. The van der Waals surface area contributed by atoms with E-state index in [1.807, 2.05) is 7.05 Å². The van der Waals surface area contributed by atoms with Crippen LogP contribution in [-0.2, 0) is 14.6 Å². The molecule has 24 heavy (non-hydrogen) atoms. The second-order valence-corrected chi connectivity index (χ2v) is 8.71. The van der Waals surface area contributed by atoms with Crippen molar-refractivity contribution in [2.75, 3.05) is 71.5 Å². The summed E-state index contributed by atoms with van der Waals surface area (Å²) < 4.78 is 28.5. The average molecular weight is 474 g/mol. The highest BCUT2D eigenvalue weighted by atomic mass is 127. The number of nitrogens with one attached hydrogen (secondary N) is 1. The zero-order valence-corrected chi connectivity index (χ0v) is 17.9. The second kappa shape index (κ2) is 10.8. The van der Waals surface area contributed by atoms with Crippen LogP contribution in [0.25, 0.3) is 0 Å². The monoisotopic (exact) mass is 474 g/mol. The van der Waals surface area contributed by atoms with Crippen LogP contribution in [0.15, 0.2) is 4.99 Å². The van der Waals surface area contributed by atoms with Crippen molar-refractivity contribution in [3.8, 4) is 0 Å². The molecule has 9 heteroatoms. The molecule has 7 nitrogen and oxygen atoms in total. The Bertz CT molecular complexity index is 483. The molecule has 142 valence electrons. The van der Waals surface area contributed by atoms with Gasteiger partial charge in [0.2, 0.25) is 0 Å². The largest absolute Gasteiger partial charge is 0.379 e. The molecule has 0 radical (unpaired) electrons. The number of likely N-dealkylation sites (N-methyl/N-ethyl adjacent to an activating group) is 1. The normalized spacial score (nSPS) is 21.2. The molecule has 0 amide bonds. The van der Waals surface area contributed by atoms with E-state index in [9.17, 15) is 8.42 Å². The van der Waals surface area contributed by atoms with Gasteiger partial charge in [0.05, 0.1) is 18.1 Å². The first-order valence-corrected chi connectivity index (χ1v) is 10.2. The van der Waals surface area contributed by atoms with Gasteiger partial charge >= 0.3 is 0 Å². The Morgan fingerprint density at radius 2 is 2.00 bits per heavy atom. The third kappa shape index (κ3) is 8.30. The SMILES string of the molecule is CN=C(NCCN1CCS(=O)(=O)CC1)N(C)CCOCC1CC1.I. The fraction of sp³-hybridized carbons (Fsp3) is 0.933. The fourth-order valence-corrected chi connectivity index (χ4v) is 3.80. The molecule has 2 aliphatic rings. The van der Waals surface area contributed by atoms with Crippen molar-refractivity contribution in [1.82, 2.24) is 15.1 Å². The maximum Gasteiger partial charge on any atom is 0.193 e. The van der Waals surface area contributed by atoms with Crippen molar-refractivity contribution in [2.24, 2.45) is 10.9 Å². The van der Waals surface area contributed by atoms with E-state index in [4.69, 9.17) is 4.74 Å². The molecule has 1 heterocycles. The minimum Gasteiger partial charge on any atom is -0.379 e. The molecule has 0 aromatic carbocycles. The number of aliphatic imine (C=N–C) groups is 1. The van der Waals surface area contributed by atoms with Gasteiger partial charge in [-0.15, -0.1) is 24.0 Å². The van der Waals surface area contributed by atoms with E-state index in [0.29, 0.717) is 13.1 Å². The minimum atomic E-state index is -2.80. The first-order valence-electron chi connectivity index (χ1n) is 8.42. The van der Waals surface area contributed by atoms with E-state index >= 15 is 0 Å². The number of halogens is 1. The third-order valence-corrected chi connectivity index (χ3v) is 5.95. The minimum absolute atomic E-state index is 0. The van der Waals surface area contributed by atoms with Gasteiger partial charge in [0.1, 0.15) is 0 Å². The van der Waals surface area contributed by atoms with Crippen molar-refractivity contribution < 1.29 is 13.2 Å². The van der Waals surface area contributed by atoms with Gasteiger partial charge < -0.3 is 15.0 Å². The van der Waals surface area contributed by atoms with E-state index in [2.05, 4.69) is 20.1 Å². The molecule has 0 spiro atoms. The van der Waals surface area contributed by atoms with E-state index in [0.717, 1.165) is 44.7 Å². The van der Waals surface area contributed by atoms with Gasteiger partial charge in [0.25, 0.3) is 0 Å². The standard InChI is InChI=1S/C15H30N4O3S.HI/c1-16-15(18(2)7-10-22-13-14-3-4-14)17-5-6-19-8-11-23(20,21)12-9-19;/h14H,3-13H2,1-2H3,(H,16,17);1H. The Morgan fingerprint density at radius 1 is 1.33 bits per heavy atom. The van der Waals surface area contributed by atoms with Crippen LogP contribution >= 0.6 is 24.0 Å².